The second-order valence-electron chi connectivity index (χ2n) is 9.35. The number of carbonyl (C=O) groups is 1. The predicted octanol–water partition coefficient (Wildman–Crippen LogP) is 6.19. The van der Waals surface area contributed by atoms with Crippen molar-refractivity contribution in [2.75, 3.05) is 7.11 Å². The highest BCUT2D eigenvalue weighted by Crippen LogP contribution is 2.34. The molecule has 0 N–H and O–H groups in total. The van der Waals surface area contributed by atoms with E-state index in [1.807, 2.05) is 25.1 Å². The minimum absolute atomic E-state index is 0.341. The van der Waals surface area contributed by atoms with Gasteiger partial charge in [-0.1, -0.05) is 49.4 Å². The van der Waals surface area contributed by atoms with Crippen LogP contribution in [0.3, 0.4) is 0 Å². The van der Waals surface area contributed by atoms with E-state index in [1.165, 1.54) is 23.8 Å². The van der Waals surface area contributed by atoms with E-state index in [-0.39, 0.29) is 5.97 Å². The number of rotatable bonds is 5. The van der Waals surface area contributed by atoms with Gasteiger partial charge in [0.25, 0.3) is 0 Å². The fourth-order valence-electron chi connectivity index (χ4n) is 5.30. The van der Waals surface area contributed by atoms with Gasteiger partial charge in [-0.25, -0.2) is 9.78 Å². The van der Waals surface area contributed by atoms with E-state index in [4.69, 9.17) is 9.72 Å². The number of hydrogen-bond acceptors (Lipinski definition) is 4. The van der Waals surface area contributed by atoms with E-state index < -0.39 is 0 Å². The average molecular weight is 476 g/mol. The van der Waals surface area contributed by atoms with Crippen molar-refractivity contribution in [1.82, 2.24) is 9.55 Å². The molecule has 0 spiro atoms. The normalized spacial score (nSPS) is 13.7. The third kappa shape index (κ3) is 4.20. The Kier molecular flexibility index (Phi) is 6.43. The fraction of sp³-hybridized carbons (Fsp3) is 0.258. The van der Waals surface area contributed by atoms with E-state index >= 15 is 0 Å². The lowest BCUT2D eigenvalue weighted by molar-refractivity contribution is 0.0601. The van der Waals surface area contributed by atoms with Gasteiger partial charge < -0.3 is 9.30 Å². The van der Waals surface area contributed by atoms with Crippen molar-refractivity contribution in [2.45, 2.75) is 46.1 Å². The molecule has 36 heavy (non-hydrogen) atoms. The number of nitrogens with zero attached hydrogens (tertiary/aromatic N) is 3. The van der Waals surface area contributed by atoms with Crippen molar-refractivity contribution in [2.24, 2.45) is 0 Å². The molecular weight excluding hydrogens is 446 g/mol. The first-order valence-corrected chi connectivity index (χ1v) is 12.4. The van der Waals surface area contributed by atoms with E-state index in [2.05, 4.69) is 54.0 Å². The second-order valence-corrected chi connectivity index (χ2v) is 9.35. The van der Waals surface area contributed by atoms with E-state index in [0.717, 1.165) is 64.8 Å². The van der Waals surface area contributed by atoms with Gasteiger partial charge in [0.1, 0.15) is 5.82 Å². The molecule has 1 heterocycles. The number of aryl methyl sites for hydroxylation is 4. The Bertz CT molecular complexity index is 1550. The molecule has 0 atom stereocenters. The number of esters is 1. The molecule has 5 nitrogen and oxygen atoms in total. The van der Waals surface area contributed by atoms with Crippen LogP contribution < -0.4 is 0 Å². The van der Waals surface area contributed by atoms with Gasteiger partial charge in [0.15, 0.2) is 0 Å². The Balaban J connectivity index is 1.60. The third-order valence-corrected chi connectivity index (χ3v) is 7.00. The lowest BCUT2D eigenvalue weighted by Crippen LogP contribution is -2.07. The molecule has 0 fully saturated rings. The SMILES string of the molecule is CCCc1nc2c(C)cc(C(=O)OC)cc2n1Cc1ccc2c(c1)CCc1ccccc1/C2=C\C#N. The highest BCUT2D eigenvalue weighted by Gasteiger charge is 2.20. The summed E-state index contributed by atoms with van der Waals surface area (Å²) in [7, 11) is 1.41. The molecule has 5 heteroatoms. The molecule has 0 aliphatic heterocycles. The summed E-state index contributed by atoms with van der Waals surface area (Å²) in [6, 6.07) is 20.9. The monoisotopic (exact) mass is 475 g/mol. The molecule has 0 amide bonds. The molecule has 3 aromatic carbocycles. The maximum atomic E-state index is 12.3. The lowest BCUT2D eigenvalue weighted by Gasteiger charge is -2.14. The summed E-state index contributed by atoms with van der Waals surface area (Å²) < 4.78 is 7.22. The highest BCUT2D eigenvalue weighted by molar-refractivity contribution is 5.95. The summed E-state index contributed by atoms with van der Waals surface area (Å²) >= 11 is 0. The van der Waals surface area contributed by atoms with Gasteiger partial charge in [0.2, 0.25) is 0 Å². The van der Waals surface area contributed by atoms with Gasteiger partial charge >= 0.3 is 5.97 Å². The minimum atomic E-state index is -0.341. The van der Waals surface area contributed by atoms with E-state index in [0.29, 0.717) is 12.1 Å². The minimum Gasteiger partial charge on any atom is -0.465 e. The van der Waals surface area contributed by atoms with E-state index in [9.17, 15) is 10.1 Å². The van der Waals surface area contributed by atoms with Crippen LogP contribution in [0.4, 0.5) is 0 Å². The summed E-state index contributed by atoms with van der Waals surface area (Å²) in [6.07, 6.45) is 5.36. The summed E-state index contributed by atoms with van der Waals surface area (Å²) in [4.78, 5) is 17.3. The molecule has 180 valence electrons. The van der Waals surface area contributed by atoms with Gasteiger partial charge in [-0.15, -0.1) is 0 Å². The Morgan fingerprint density at radius 1 is 1.11 bits per heavy atom. The number of carbonyl (C=O) groups excluding carboxylic acids is 1. The molecule has 0 radical (unpaired) electrons. The Morgan fingerprint density at radius 3 is 2.67 bits per heavy atom. The van der Waals surface area contributed by atoms with Crippen LogP contribution in [0.1, 0.15) is 62.9 Å². The molecule has 1 aliphatic rings. The smallest absolute Gasteiger partial charge is 0.337 e. The lowest BCUT2D eigenvalue weighted by atomic mass is 9.93. The van der Waals surface area contributed by atoms with E-state index in [1.54, 1.807) is 6.08 Å². The van der Waals surface area contributed by atoms with Crippen LogP contribution in [0.2, 0.25) is 0 Å². The maximum Gasteiger partial charge on any atom is 0.337 e. The number of aromatic nitrogens is 2. The Labute approximate surface area is 211 Å². The largest absolute Gasteiger partial charge is 0.465 e. The first-order valence-electron chi connectivity index (χ1n) is 12.4. The van der Waals surface area contributed by atoms with Gasteiger partial charge in [0, 0.05) is 19.0 Å². The van der Waals surface area contributed by atoms with Crippen molar-refractivity contribution < 1.29 is 9.53 Å². The van der Waals surface area contributed by atoms with Gasteiger partial charge in [-0.3, -0.25) is 0 Å². The summed E-state index contributed by atoms with van der Waals surface area (Å²) in [6.45, 7) is 4.80. The molecule has 0 saturated heterocycles. The van der Waals surface area contributed by atoms with Gasteiger partial charge in [-0.2, -0.15) is 5.26 Å². The number of methoxy groups -OCH3 is 1. The summed E-state index contributed by atoms with van der Waals surface area (Å²) in [5.41, 5.74) is 10.3. The molecule has 4 aromatic rings. The first-order chi connectivity index (χ1) is 17.5. The van der Waals surface area contributed by atoms with Crippen LogP contribution >= 0.6 is 0 Å². The quantitative estimate of drug-likeness (QED) is 0.255. The van der Waals surface area contributed by atoms with Crippen LogP contribution in [0.25, 0.3) is 16.6 Å². The Hall–Kier alpha value is -4.17. The van der Waals surface area contributed by atoms with Crippen LogP contribution in [-0.4, -0.2) is 22.6 Å². The highest BCUT2D eigenvalue weighted by atomic mass is 16.5. The zero-order valence-corrected chi connectivity index (χ0v) is 21.0. The maximum absolute atomic E-state index is 12.3. The number of allylic oxidation sites excluding steroid dienone is 1. The topological polar surface area (TPSA) is 67.9 Å². The van der Waals surface area contributed by atoms with Crippen LogP contribution in [-0.2, 0) is 30.5 Å². The van der Waals surface area contributed by atoms with Crippen molar-refractivity contribution in [3.63, 3.8) is 0 Å². The number of nitriles is 1. The van der Waals surface area contributed by atoms with Crippen molar-refractivity contribution >= 4 is 22.6 Å². The number of benzene rings is 3. The standard InChI is InChI=1S/C31H29N3O2/c1-4-7-29-33-30-20(2)16-24(31(35)36-3)18-28(30)34(29)19-21-10-13-26-23(17-21)12-11-22-8-5-6-9-25(22)27(26)14-15-32/h5-6,8-10,13-14,16-18H,4,7,11-12,19H2,1-3H3/b27-14+. The molecule has 0 unspecified atom stereocenters. The summed E-state index contributed by atoms with van der Waals surface area (Å²) in [5.74, 6) is 0.677. The van der Waals surface area contributed by atoms with Crippen molar-refractivity contribution in [3.8, 4) is 6.07 Å². The van der Waals surface area contributed by atoms with Crippen LogP contribution in [0.5, 0.6) is 0 Å². The first kappa shape index (κ1) is 23.6. The molecule has 0 bridgehead atoms. The third-order valence-electron chi connectivity index (χ3n) is 7.00. The molecular formula is C31H29N3O2. The zero-order chi connectivity index (χ0) is 25.2. The van der Waals surface area contributed by atoms with Crippen LogP contribution in [0.15, 0.2) is 60.7 Å². The fourth-order valence-corrected chi connectivity index (χ4v) is 5.30. The summed E-state index contributed by atoms with van der Waals surface area (Å²) in [5, 5.41) is 9.50. The molecule has 0 saturated carbocycles. The zero-order valence-electron chi connectivity index (χ0n) is 21.0. The Morgan fingerprint density at radius 2 is 1.89 bits per heavy atom. The van der Waals surface area contributed by atoms with Crippen molar-refractivity contribution in [1.29, 1.82) is 5.26 Å². The average Bonchev–Trinajstić information content (AvgIpc) is 3.15. The number of ether oxygens (including phenoxy) is 1. The number of imidazole rings is 1. The van der Waals surface area contributed by atoms with Gasteiger partial charge in [0.05, 0.1) is 29.8 Å². The van der Waals surface area contributed by atoms with Crippen molar-refractivity contribution in [3.05, 3.63) is 105 Å². The molecule has 1 aromatic heterocycles. The molecule has 5 rings (SSSR count). The predicted molar refractivity (Wildman–Crippen MR) is 142 cm³/mol. The number of hydrogen-bond donors (Lipinski definition) is 0. The van der Waals surface area contributed by atoms with Gasteiger partial charge in [-0.05, 0) is 77.3 Å². The molecule has 1 aliphatic carbocycles. The number of fused-ring (bicyclic) bond motifs is 3. The second kappa shape index (κ2) is 9.83. The van der Waals surface area contributed by atoms with Crippen LogP contribution in [0, 0.1) is 18.3 Å².